The van der Waals surface area contributed by atoms with Crippen LogP contribution in [0.25, 0.3) is 0 Å². The molecule has 0 aliphatic heterocycles. The van der Waals surface area contributed by atoms with Crippen LogP contribution in [0.5, 0.6) is 5.75 Å². The van der Waals surface area contributed by atoms with E-state index < -0.39 is 11.9 Å². The number of ketones is 1. The summed E-state index contributed by atoms with van der Waals surface area (Å²) in [7, 11) is 1.18. The minimum atomic E-state index is -0.918. The molecular formula is C16H12O5. The molecule has 0 fully saturated rings. The number of ether oxygens (including phenoxy) is 2. The Morgan fingerprint density at radius 2 is 1.57 bits per heavy atom. The van der Waals surface area contributed by atoms with Crippen LogP contribution < -0.4 is 4.74 Å². The van der Waals surface area contributed by atoms with Crippen LogP contribution in [-0.2, 0) is 4.74 Å². The Labute approximate surface area is 121 Å². The zero-order chi connectivity index (χ0) is 15.2. The van der Waals surface area contributed by atoms with Crippen LogP contribution >= 0.6 is 0 Å². The number of carbonyl (C=O) groups excluding carboxylic acids is 3. The Morgan fingerprint density at radius 1 is 0.952 bits per heavy atom. The van der Waals surface area contributed by atoms with Crippen molar-refractivity contribution in [3.8, 4) is 5.75 Å². The molecule has 5 nitrogen and oxygen atoms in total. The standard InChI is InChI=1S/C16H12O5/c1-20-16(19)21-14-9-5-4-8-13(14)15(18)12-7-3-2-6-11(12)10-17/h2-10H,1H3. The molecule has 2 aromatic carbocycles. The second-order valence-electron chi connectivity index (χ2n) is 4.09. The lowest BCUT2D eigenvalue weighted by atomic mass is 9.98. The van der Waals surface area contributed by atoms with E-state index in [1.807, 2.05) is 0 Å². The van der Waals surface area contributed by atoms with E-state index >= 15 is 0 Å². The van der Waals surface area contributed by atoms with E-state index in [1.165, 1.54) is 19.2 Å². The first-order valence-electron chi connectivity index (χ1n) is 6.11. The van der Waals surface area contributed by atoms with Crippen LogP contribution in [0.3, 0.4) is 0 Å². The van der Waals surface area contributed by atoms with Gasteiger partial charge in [0.2, 0.25) is 0 Å². The van der Waals surface area contributed by atoms with Crippen molar-refractivity contribution in [3.63, 3.8) is 0 Å². The van der Waals surface area contributed by atoms with Crippen molar-refractivity contribution in [1.82, 2.24) is 0 Å². The molecule has 21 heavy (non-hydrogen) atoms. The van der Waals surface area contributed by atoms with Gasteiger partial charge in [-0.1, -0.05) is 36.4 Å². The van der Waals surface area contributed by atoms with Gasteiger partial charge in [0.15, 0.2) is 12.1 Å². The number of carbonyl (C=O) groups is 3. The molecule has 0 spiro atoms. The van der Waals surface area contributed by atoms with Crippen LogP contribution in [0.2, 0.25) is 0 Å². The van der Waals surface area contributed by atoms with Gasteiger partial charge in [0, 0.05) is 11.1 Å². The number of hydrogen-bond donors (Lipinski definition) is 0. The number of aldehydes is 1. The largest absolute Gasteiger partial charge is 0.513 e. The second kappa shape index (κ2) is 6.47. The first-order valence-corrected chi connectivity index (χ1v) is 6.11. The average Bonchev–Trinajstić information content (AvgIpc) is 2.54. The summed E-state index contributed by atoms with van der Waals surface area (Å²) in [6.07, 6.45) is -0.310. The van der Waals surface area contributed by atoms with Crippen molar-refractivity contribution in [1.29, 1.82) is 0 Å². The van der Waals surface area contributed by atoms with E-state index in [-0.39, 0.29) is 22.4 Å². The van der Waals surface area contributed by atoms with Gasteiger partial charge < -0.3 is 9.47 Å². The Bertz CT molecular complexity index is 691. The molecule has 0 aliphatic carbocycles. The number of benzene rings is 2. The fourth-order valence-corrected chi connectivity index (χ4v) is 1.83. The summed E-state index contributed by atoms with van der Waals surface area (Å²) in [4.78, 5) is 34.7. The first kappa shape index (κ1) is 14.5. The number of rotatable bonds is 4. The minimum Gasteiger partial charge on any atom is -0.437 e. The molecule has 0 unspecified atom stereocenters. The van der Waals surface area contributed by atoms with Gasteiger partial charge in [0.05, 0.1) is 12.7 Å². The maximum absolute atomic E-state index is 12.5. The topological polar surface area (TPSA) is 69.7 Å². The molecule has 0 amide bonds. The molecule has 0 N–H and O–H groups in total. The van der Waals surface area contributed by atoms with Gasteiger partial charge in [-0.3, -0.25) is 9.59 Å². The van der Waals surface area contributed by atoms with Gasteiger partial charge in [0.1, 0.15) is 5.75 Å². The Balaban J connectivity index is 2.44. The lowest BCUT2D eigenvalue weighted by molar-refractivity contribution is 0.102. The van der Waals surface area contributed by atoms with Gasteiger partial charge in [-0.05, 0) is 12.1 Å². The summed E-state index contributed by atoms with van der Waals surface area (Å²) < 4.78 is 9.35. The number of hydrogen-bond acceptors (Lipinski definition) is 5. The molecule has 2 rings (SSSR count). The molecule has 0 heterocycles. The molecule has 0 atom stereocenters. The van der Waals surface area contributed by atoms with Crippen LogP contribution in [-0.4, -0.2) is 25.3 Å². The quantitative estimate of drug-likeness (QED) is 0.373. The molecule has 0 saturated heterocycles. The third-order valence-corrected chi connectivity index (χ3v) is 2.82. The number of methoxy groups -OCH3 is 1. The van der Waals surface area contributed by atoms with Crippen molar-refractivity contribution in [2.45, 2.75) is 0 Å². The molecule has 0 bridgehead atoms. The zero-order valence-corrected chi connectivity index (χ0v) is 11.2. The van der Waals surface area contributed by atoms with E-state index in [9.17, 15) is 14.4 Å². The molecule has 0 radical (unpaired) electrons. The van der Waals surface area contributed by atoms with Crippen molar-refractivity contribution in [2.24, 2.45) is 0 Å². The fourth-order valence-electron chi connectivity index (χ4n) is 1.83. The van der Waals surface area contributed by atoms with Crippen molar-refractivity contribution in [2.75, 3.05) is 7.11 Å². The van der Waals surface area contributed by atoms with Gasteiger partial charge in [-0.25, -0.2) is 4.79 Å². The highest BCUT2D eigenvalue weighted by molar-refractivity contribution is 6.14. The van der Waals surface area contributed by atoms with Crippen molar-refractivity contribution < 1.29 is 23.9 Å². The molecule has 0 aliphatic rings. The average molecular weight is 284 g/mol. The third-order valence-electron chi connectivity index (χ3n) is 2.82. The van der Waals surface area contributed by atoms with Crippen LogP contribution in [0.1, 0.15) is 26.3 Å². The number of para-hydroxylation sites is 1. The van der Waals surface area contributed by atoms with Gasteiger partial charge >= 0.3 is 6.16 Å². The predicted molar refractivity (Wildman–Crippen MR) is 74.7 cm³/mol. The summed E-state index contributed by atoms with van der Waals surface area (Å²) in [6, 6.07) is 12.7. The second-order valence-corrected chi connectivity index (χ2v) is 4.09. The SMILES string of the molecule is COC(=O)Oc1ccccc1C(=O)c1ccccc1C=O. The van der Waals surface area contributed by atoms with Crippen LogP contribution in [0.4, 0.5) is 4.79 Å². The highest BCUT2D eigenvalue weighted by atomic mass is 16.7. The molecule has 2 aromatic rings. The fraction of sp³-hybridized carbons (Fsp3) is 0.0625. The lowest BCUT2D eigenvalue weighted by Gasteiger charge is -2.09. The maximum Gasteiger partial charge on any atom is 0.513 e. The van der Waals surface area contributed by atoms with Crippen LogP contribution in [0.15, 0.2) is 48.5 Å². The van der Waals surface area contributed by atoms with E-state index in [0.717, 1.165) is 0 Å². The van der Waals surface area contributed by atoms with Gasteiger partial charge in [-0.15, -0.1) is 0 Å². The summed E-state index contributed by atoms with van der Waals surface area (Å²) in [6.45, 7) is 0. The Kier molecular flexibility index (Phi) is 4.46. The highest BCUT2D eigenvalue weighted by Gasteiger charge is 2.18. The minimum absolute atomic E-state index is 0.0788. The molecule has 106 valence electrons. The summed E-state index contributed by atoms with van der Waals surface area (Å²) in [5.74, 6) is -0.327. The Morgan fingerprint density at radius 3 is 2.24 bits per heavy atom. The monoisotopic (exact) mass is 284 g/mol. The maximum atomic E-state index is 12.5. The van der Waals surface area contributed by atoms with E-state index in [2.05, 4.69) is 4.74 Å². The summed E-state index contributed by atoms with van der Waals surface area (Å²) >= 11 is 0. The highest BCUT2D eigenvalue weighted by Crippen LogP contribution is 2.23. The molecule has 0 saturated carbocycles. The van der Waals surface area contributed by atoms with E-state index in [0.29, 0.717) is 6.29 Å². The summed E-state index contributed by atoms with van der Waals surface area (Å²) in [5, 5.41) is 0. The van der Waals surface area contributed by atoms with E-state index in [4.69, 9.17) is 4.74 Å². The van der Waals surface area contributed by atoms with E-state index in [1.54, 1.807) is 36.4 Å². The lowest BCUT2D eigenvalue weighted by Crippen LogP contribution is -2.12. The normalized spacial score (nSPS) is 9.76. The molecular weight excluding hydrogens is 272 g/mol. The van der Waals surface area contributed by atoms with Crippen molar-refractivity contribution in [3.05, 3.63) is 65.2 Å². The molecule has 5 heteroatoms. The Hall–Kier alpha value is -2.95. The third kappa shape index (κ3) is 3.14. The zero-order valence-electron chi connectivity index (χ0n) is 11.2. The van der Waals surface area contributed by atoms with Gasteiger partial charge in [-0.2, -0.15) is 0 Å². The van der Waals surface area contributed by atoms with Crippen molar-refractivity contribution >= 4 is 18.2 Å². The predicted octanol–water partition coefficient (Wildman–Crippen LogP) is 2.88. The molecule has 0 aromatic heterocycles. The van der Waals surface area contributed by atoms with Gasteiger partial charge in [0.25, 0.3) is 0 Å². The smallest absolute Gasteiger partial charge is 0.437 e. The summed E-state index contributed by atoms with van der Waals surface area (Å²) in [5.41, 5.74) is 0.695. The van der Waals surface area contributed by atoms with Crippen LogP contribution in [0, 0.1) is 0 Å². The first-order chi connectivity index (χ1) is 10.2.